The maximum atomic E-state index is 12.6. The van der Waals surface area contributed by atoms with Crippen LogP contribution >= 0.6 is 0 Å². The molecule has 1 heterocycles. The molecule has 0 aliphatic carbocycles. The number of carbonyl (C=O) groups is 2. The van der Waals surface area contributed by atoms with E-state index in [1.807, 2.05) is 0 Å². The molecule has 0 aromatic heterocycles. The zero-order chi connectivity index (χ0) is 24.6. The largest absolute Gasteiger partial charge is 0.452 e. The van der Waals surface area contributed by atoms with Crippen molar-refractivity contribution in [3.63, 3.8) is 0 Å². The fraction of sp³-hybridized carbons (Fsp3) is 0.273. The molecular formula is C22H22F2N2O7S. The molecule has 34 heavy (non-hydrogen) atoms. The number of benzene rings is 2. The van der Waals surface area contributed by atoms with Crippen LogP contribution < -0.4 is 10.1 Å². The van der Waals surface area contributed by atoms with E-state index >= 15 is 0 Å². The molecule has 0 radical (unpaired) electrons. The minimum atomic E-state index is -3.64. The van der Waals surface area contributed by atoms with E-state index in [0.29, 0.717) is 24.5 Å². The van der Waals surface area contributed by atoms with E-state index in [0.717, 1.165) is 6.08 Å². The minimum absolute atomic E-state index is 0.0156. The van der Waals surface area contributed by atoms with E-state index in [1.165, 1.54) is 58.9 Å². The summed E-state index contributed by atoms with van der Waals surface area (Å²) in [6.45, 7) is -2.26. The fourth-order valence-electron chi connectivity index (χ4n) is 2.95. The summed E-state index contributed by atoms with van der Waals surface area (Å²) in [6, 6.07) is 11.2. The van der Waals surface area contributed by atoms with Crippen LogP contribution in [0.4, 0.5) is 14.5 Å². The molecule has 2 aromatic rings. The van der Waals surface area contributed by atoms with Crippen LogP contribution in [0.3, 0.4) is 0 Å². The monoisotopic (exact) mass is 496 g/mol. The Bertz CT molecular complexity index is 1110. The number of nitrogens with one attached hydrogen (secondary N) is 1. The van der Waals surface area contributed by atoms with E-state index < -0.39 is 35.1 Å². The summed E-state index contributed by atoms with van der Waals surface area (Å²) < 4.78 is 65.1. The summed E-state index contributed by atoms with van der Waals surface area (Å²) in [4.78, 5) is 23.9. The van der Waals surface area contributed by atoms with Crippen LogP contribution in [0.15, 0.2) is 59.5 Å². The highest BCUT2D eigenvalue weighted by atomic mass is 32.2. The van der Waals surface area contributed by atoms with Crippen LogP contribution in [-0.4, -0.2) is 64.1 Å². The van der Waals surface area contributed by atoms with Gasteiger partial charge in [-0.25, -0.2) is 13.2 Å². The molecule has 0 spiro atoms. The van der Waals surface area contributed by atoms with Crippen molar-refractivity contribution in [3.05, 3.63) is 60.2 Å². The van der Waals surface area contributed by atoms with Crippen molar-refractivity contribution >= 4 is 33.7 Å². The summed E-state index contributed by atoms with van der Waals surface area (Å²) in [6.07, 6.45) is 2.47. The number of rotatable bonds is 9. The Hall–Kier alpha value is -3.35. The molecule has 1 saturated heterocycles. The number of sulfonamides is 1. The van der Waals surface area contributed by atoms with Gasteiger partial charge in [0.15, 0.2) is 6.61 Å². The summed E-state index contributed by atoms with van der Waals surface area (Å²) in [5.74, 6) is -1.41. The third-order valence-corrected chi connectivity index (χ3v) is 6.52. The summed E-state index contributed by atoms with van der Waals surface area (Å²) in [5.41, 5.74) is 0.874. The first-order valence-corrected chi connectivity index (χ1v) is 11.6. The van der Waals surface area contributed by atoms with Gasteiger partial charge in [0, 0.05) is 24.9 Å². The number of morpholine rings is 1. The number of halogens is 2. The summed E-state index contributed by atoms with van der Waals surface area (Å²) >= 11 is 0. The Balaban J connectivity index is 1.46. The Morgan fingerprint density at radius 2 is 1.71 bits per heavy atom. The Labute approximate surface area is 195 Å². The number of carbonyl (C=O) groups excluding carboxylic acids is 2. The topological polar surface area (TPSA) is 111 Å². The van der Waals surface area contributed by atoms with Crippen molar-refractivity contribution in [2.24, 2.45) is 0 Å². The molecule has 182 valence electrons. The second-order valence-corrected chi connectivity index (χ2v) is 8.92. The quantitative estimate of drug-likeness (QED) is 0.419. The molecule has 9 nitrogen and oxygen atoms in total. The molecule has 0 saturated carbocycles. The van der Waals surface area contributed by atoms with Crippen LogP contribution in [0.1, 0.15) is 5.56 Å². The zero-order valence-electron chi connectivity index (χ0n) is 17.9. The lowest BCUT2D eigenvalue weighted by molar-refractivity contribution is -0.142. The van der Waals surface area contributed by atoms with Gasteiger partial charge in [-0.05, 0) is 48.0 Å². The first-order chi connectivity index (χ1) is 16.2. The van der Waals surface area contributed by atoms with Crippen LogP contribution in [0.25, 0.3) is 6.08 Å². The van der Waals surface area contributed by atoms with Gasteiger partial charge < -0.3 is 19.5 Å². The molecule has 1 aliphatic heterocycles. The Kier molecular flexibility index (Phi) is 8.68. The second-order valence-electron chi connectivity index (χ2n) is 6.98. The number of esters is 1. The summed E-state index contributed by atoms with van der Waals surface area (Å²) in [7, 11) is -3.64. The lowest BCUT2D eigenvalue weighted by atomic mass is 10.2. The first kappa shape index (κ1) is 25.3. The zero-order valence-corrected chi connectivity index (χ0v) is 18.7. The van der Waals surface area contributed by atoms with Gasteiger partial charge in [-0.3, -0.25) is 4.79 Å². The van der Waals surface area contributed by atoms with Gasteiger partial charge in [0.2, 0.25) is 10.0 Å². The van der Waals surface area contributed by atoms with Crippen molar-refractivity contribution in [1.82, 2.24) is 4.31 Å². The molecule has 1 fully saturated rings. The summed E-state index contributed by atoms with van der Waals surface area (Å²) in [5, 5.41) is 2.51. The average molecular weight is 496 g/mol. The van der Waals surface area contributed by atoms with Crippen molar-refractivity contribution in [1.29, 1.82) is 0 Å². The minimum Gasteiger partial charge on any atom is -0.452 e. The molecule has 1 amide bonds. The lowest BCUT2D eigenvalue weighted by Crippen LogP contribution is -2.40. The third-order valence-electron chi connectivity index (χ3n) is 4.61. The molecule has 0 atom stereocenters. The predicted octanol–water partition coefficient (Wildman–Crippen LogP) is 2.50. The van der Waals surface area contributed by atoms with Crippen LogP contribution in [0, 0.1) is 0 Å². The van der Waals surface area contributed by atoms with Gasteiger partial charge in [0.25, 0.3) is 5.91 Å². The number of ether oxygens (including phenoxy) is 3. The van der Waals surface area contributed by atoms with Crippen LogP contribution in [0.2, 0.25) is 0 Å². The SMILES string of the molecule is O=C(COC(=O)/C=C/c1ccc(OC(F)F)cc1)Nc1ccc(S(=O)(=O)N2CCOCC2)cc1. The molecule has 0 unspecified atom stereocenters. The molecule has 1 N–H and O–H groups in total. The Morgan fingerprint density at radius 1 is 1.06 bits per heavy atom. The van der Waals surface area contributed by atoms with Gasteiger partial charge in [0.1, 0.15) is 5.75 Å². The predicted molar refractivity (Wildman–Crippen MR) is 118 cm³/mol. The van der Waals surface area contributed by atoms with Gasteiger partial charge in [-0.15, -0.1) is 0 Å². The Morgan fingerprint density at radius 3 is 2.32 bits per heavy atom. The highest BCUT2D eigenvalue weighted by Crippen LogP contribution is 2.19. The van der Waals surface area contributed by atoms with E-state index in [-0.39, 0.29) is 23.7 Å². The van der Waals surface area contributed by atoms with Gasteiger partial charge >= 0.3 is 12.6 Å². The van der Waals surface area contributed by atoms with Crippen molar-refractivity contribution in [2.45, 2.75) is 11.5 Å². The van der Waals surface area contributed by atoms with Crippen molar-refractivity contribution in [3.8, 4) is 5.75 Å². The molecular weight excluding hydrogens is 474 g/mol. The van der Waals surface area contributed by atoms with E-state index in [4.69, 9.17) is 9.47 Å². The normalized spacial score (nSPS) is 14.8. The molecule has 2 aromatic carbocycles. The molecule has 1 aliphatic rings. The first-order valence-electron chi connectivity index (χ1n) is 10.1. The van der Waals surface area contributed by atoms with Gasteiger partial charge in [0.05, 0.1) is 18.1 Å². The number of anilines is 1. The average Bonchev–Trinajstić information content (AvgIpc) is 2.83. The van der Waals surface area contributed by atoms with Crippen molar-refractivity contribution < 1.29 is 41.0 Å². The highest BCUT2D eigenvalue weighted by molar-refractivity contribution is 7.89. The lowest BCUT2D eigenvalue weighted by Gasteiger charge is -2.26. The van der Waals surface area contributed by atoms with E-state index in [1.54, 1.807) is 0 Å². The molecule has 12 heteroatoms. The number of alkyl halides is 2. The standard InChI is InChI=1S/C22H22F2N2O7S/c23-22(24)33-18-6-1-16(2-7-18)3-10-21(28)32-15-20(27)25-17-4-8-19(9-5-17)34(29,30)26-11-13-31-14-12-26/h1-10,22H,11-15H2,(H,25,27)/b10-3+. The van der Waals surface area contributed by atoms with Crippen LogP contribution in [-0.2, 0) is 29.1 Å². The second kappa shape index (κ2) is 11.7. The van der Waals surface area contributed by atoms with Crippen LogP contribution in [0.5, 0.6) is 5.75 Å². The highest BCUT2D eigenvalue weighted by Gasteiger charge is 2.26. The number of amides is 1. The van der Waals surface area contributed by atoms with Gasteiger partial charge in [-0.1, -0.05) is 12.1 Å². The smallest absolute Gasteiger partial charge is 0.387 e. The maximum Gasteiger partial charge on any atom is 0.387 e. The number of hydrogen-bond donors (Lipinski definition) is 1. The number of nitrogens with zero attached hydrogens (tertiary/aromatic N) is 1. The van der Waals surface area contributed by atoms with E-state index in [9.17, 15) is 26.8 Å². The van der Waals surface area contributed by atoms with Crippen molar-refractivity contribution in [2.75, 3.05) is 38.2 Å². The fourth-order valence-corrected chi connectivity index (χ4v) is 4.36. The van der Waals surface area contributed by atoms with Gasteiger partial charge in [-0.2, -0.15) is 13.1 Å². The number of hydrogen-bond acceptors (Lipinski definition) is 7. The molecule has 3 rings (SSSR count). The third kappa shape index (κ3) is 7.33. The maximum absolute atomic E-state index is 12.6. The molecule has 0 bridgehead atoms. The van der Waals surface area contributed by atoms with E-state index in [2.05, 4.69) is 10.1 Å².